The fourth-order valence-corrected chi connectivity index (χ4v) is 5.79. The highest BCUT2D eigenvalue weighted by atomic mass is 16.7. The zero-order valence-corrected chi connectivity index (χ0v) is 20.1. The maximum absolute atomic E-state index is 10.3. The molecule has 0 unspecified atom stereocenters. The molecule has 34 heavy (non-hydrogen) atoms. The summed E-state index contributed by atoms with van der Waals surface area (Å²) in [6.07, 6.45) is 4.78. The van der Waals surface area contributed by atoms with Crippen LogP contribution in [0.2, 0.25) is 0 Å². The largest absolute Gasteiger partial charge is 0.370 e. The van der Waals surface area contributed by atoms with Crippen LogP contribution in [0.4, 0.5) is 5.69 Å². The highest BCUT2D eigenvalue weighted by Crippen LogP contribution is 2.44. The van der Waals surface area contributed by atoms with Gasteiger partial charge in [0.15, 0.2) is 6.29 Å². The van der Waals surface area contributed by atoms with Crippen LogP contribution in [0.15, 0.2) is 60.7 Å². The van der Waals surface area contributed by atoms with Gasteiger partial charge in [0.25, 0.3) is 0 Å². The van der Waals surface area contributed by atoms with Gasteiger partial charge in [0.05, 0.1) is 11.3 Å². The Morgan fingerprint density at radius 2 is 1.65 bits per heavy atom. The number of ether oxygens (including phenoxy) is 2. The molecule has 4 nitrogen and oxygen atoms in total. The standard InChI is InChI=1S/C30H32N2O2/c1-33-30(34-2)27-19-26-24-11-7-6-10-23(24)12-13-25(26)29(28(27)20-31)32-16-14-22(15-17-32)18-21-8-4-3-5-9-21/h3-11,19,22,30H,12-18H2,1-2H3. The van der Waals surface area contributed by atoms with Crippen molar-refractivity contribution in [3.8, 4) is 17.2 Å². The molecule has 1 heterocycles. The lowest BCUT2D eigenvalue weighted by Gasteiger charge is -2.38. The van der Waals surface area contributed by atoms with Gasteiger partial charge in [-0.15, -0.1) is 0 Å². The Labute approximate surface area is 202 Å². The first-order chi connectivity index (χ1) is 16.7. The molecular formula is C30H32N2O2. The highest BCUT2D eigenvalue weighted by molar-refractivity contribution is 5.83. The van der Waals surface area contributed by atoms with E-state index in [4.69, 9.17) is 9.47 Å². The van der Waals surface area contributed by atoms with Crippen molar-refractivity contribution in [2.24, 2.45) is 5.92 Å². The third-order valence-corrected chi connectivity index (χ3v) is 7.48. The highest BCUT2D eigenvalue weighted by Gasteiger charge is 2.31. The second kappa shape index (κ2) is 10.0. The molecule has 174 valence electrons. The summed E-state index contributed by atoms with van der Waals surface area (Å²) < 4.78 is 11.3. The topological polar surface area (TPSA) is 45.5 Å². The third-order valence-electron chi connectivity index (χ3n) is 7.48. The van der Waals surface area contributed by atoms with Crippen LogP contribution in [0, 0.1) is 17.2 Å². The fraction of sp³-hybridized carbons (Fsp3) is 0.367. The average Bonchev–Trinajstić information content (AvgIpc) is 2.89. The molecule has 2 aliphatic rings. The molecule has 0 aromatic heterocycles. The number of hydrogen-bond donors (Lipinski definition) is 0. The van der Waals surface area contributed by atoms with Gasteiger partial charge in [-0.05, 0) is 71.9 Å². The summed E-state index contributed by atoms with van der Waals surface area (Å²) in [6, 6.07) is 24.1. The van der Waals surface area contributed by atoms with Gasteiger partial charge in [0.2, 0.25) is 0 Å². The molecule has 0 N–H and O–H groups in total. The predicted molar refractivity (Wildman–Crippen MR) is 136 cm³/mol. The Balaban J connectivity index is 1.53. The first-order valence-electron chi connectivity index (χ1n) is 12.3. The van der Waals surface area contributed by atoms with Crippen LogP contribution in [0.1, 0.15) is 46.9 Å². The van der Waals surface area contributed by atoms with E-state index in [9.17, 15) is 5.26 Å². The van der Waals surface area contributed by atoms with Gasteiger partial charge < -0.3 is 14.4 Å². The number of benzene rings is 3. The average molecular weight is 453 g/mol. The SMILES string of the molecule is COC(OC)c1cc2c(c(N3CCC(Cc4ccccc4)CC3)c1C#N)CCc1ccccc1-2. The maximum Gasteiger partial charge on any atom is 0.184 e. The molecule has 1 fully saturated rings. The molecule has 0 saturated carbocycles. The lowest BCUT2D eigenvalue weighted by Crippen LogP contribution is -2.36. The Morgan fingerprint density at radius 3 is 2.35 bits per heavy atom. The molecule has 3 aromatic carbocycles. The van der Waals surface area contributed by atoms with Gasteiger partial charge in [-0.25, -0.2) is 0 Å². The monoisotopic (exact) mass is 452 g/mol. The van der Waals surface area contributed by atoms with Gasteiger partial charge in [0, 0.05) is 32.9 Å². The Hall–Kier alpha value is -3.13. The summed E-state index contributed by atoms with van der Waals surface area (Å²) in [5.74, 6) is 0.676. The number of rotatable bonds is 6. The van der Waals surface area contributed by atoms with E-state index in [1.54, 1.807) is 14.2 Å². The Bertz CT molecular complexity index is 1190. The number of fused-ring (bicyclic) bond motifs is 3. The Kier molecular flexibility index (Phi) is 6.67. The van der Waals surface area contributed by atoms with Crippen LogP contribution in [-0.4, -0.2) is 27.3 Å². The van der Waals surface area contributed by atoms with E-state index in [0.717, 1.165) is 56.4 Å². The summed E-state index contributed by atoms with van der Waals surface area (Å²) in [5.41, 5.74) is 9.19. The van der Waals surface area contributed by atoms with E-state index < -0.39 is 6.29 Å². The predicted octanol–water partition coefficient (Wildman–Crippen LogP) is 6.07. The van der Waals surface area contributed by atoms with Crippen LogP contribution in [-0.2, 0) is 28.7 Å². The second-order valence-electron chi connectivity index (χ2n) is 9.41. The van der Waals surface area contributed by atoms with Crippen molar-refractivity contribution in [2.45, 2.75) is 38.4 Å². The van der Waals surface area contributed by atoms with E-state index in [0.29, 0.717) is 11.5 Å². The number of anilines is 1. The van der Waals surface area contributed by atoms with E-state index >= 15 is 0 Å². The molecule has 0 radical (unpaired) electrons. The molecule has 4 heteroatoms. The van der Waals surface area contributed by atoms with E-state index in [2.05, 4.69) is 71.6 Å². The molecule has 1 aliphatic heterocycles. The van der Waals surface area contributed by atoms with E-state index in [-0.39, 0.29) is 0 Å². The maximum atomic E-state index is 10.3. The molecular weight excluding hydrogens is 420 g/mol. The second-order valence-corrected chi connectivity index (χ2v) is 9.41. The van der Waals surface area contributed by atoms with Gasteiger partial charge >= 0.3 is 0 Å². The fourth-order valence-electron chi connectivity index (χ4n) is 5.79. The minimum absolute atomic E-state index is 0.566. The van der Waals surface area contributed by atoms with E-state index in [1.165, 1.54) is 27.8 Å². The summed E-state index contributed by atoms with van der Waals surface area (Å²) in [7, 11) is 3.27. The Morgan fingerprint density at radius 1 is 0.941 bits per heavy atom. The van der Waals surface area contributed by atoms with Crippen LogP contribution in [0.5, 0.6) is 0 Å². The van der Waals surface area contributed by atoms with Gasteiger partial charge in [-0.2, -0.15) is 5.26 Å². The van der Waals surface area contributed by atoms with Gasteiger partial charge in [-0.3, -0.25) is 0 Å². The molecule has 0 bridgehead atoms. The third kappa shape index (κ3) is 4.22. The normalized spacial score (nSPS) is 15.6. The summed E-state index contributed by atoms with van der Waals surface area (Å²) in [6.45, 7) is 1.93. The van der Waals surface area contributed by atoms with Crippen molar-refractivity contribution in [3.05, 3.63) is 88.5 Å². The first-order valence-corrected chi connectivity index (χ1v) is 12.3. The summed E-state index contributed by atoms with van der Waals surface area (Å²) >= 11 is 0. The van der Waals surface area contributed by atoms with Crippen molar-refractivity contribution < 1.29 is 9.47 Å². The lowest BCUT2D eigenvalue weighted by molar-refractivity contribution is -0.106. The smallest absolute Gasteiger partial charge is 0.184 e. The number of nitrogens with zero attached hydrogens (tertiary/aromatic N) is 2. The van der Waals surface area contributed by atoms with Crippen molar-refractivity contribution in [3.63, 3.8) is 0 Å². The first kappa shape index (κ1) is 22.7. The van der Waals surface area contributed by atoms with E-state index in [1.807, 2.05) is 0 Å². The zero-order chi connectivity index (χ0) is 23.5. The number of piperidine rings is 1. The number of nitriles is 1. The van der Waals surface area contributed by atoms with Crippen molar-refractivity contribution in [1.29, 1.82) is 5.26 Å². The molecule has 5 rings (SSSR count). The summed E-state index contributed by atoms with van der Waals surface area (Å²) in [4.78, 5) is 2.46. The van der Waals surface area contributed by atoms with Crippen molar-refractivity contribution in [1.82, 2.24) is 0 Å². The van der Waals surface area contributed by atoms with Crippen LogP contribution in [0.25, 0.3) is 11.1 Å². The molecule has 3 aromatic rings. The molecule has 0 amide bonds. The lowest BCUT2D eigenvalue weighted by atomic mass is 9.81. The summed E-state index contributed by atoms with van der Waals surface area (Å²) in [5, 5.41) is 10.3. The quantitative estimate of drug-likeness (QED) is 0.426. The van der Waals surface area contributed by atoms with Crippen LogP contribution in [0.3, 0.4) is 0 Å². The van der Waals surface area contributed by atoms with Gasteiger partial charge in [-0.1, -0.05) is 54.6 Å². The number of methoxy groups -OCH3 is 2. The van der Waals surface area contributed by atoms with Crippen LogP contribution < -0.4 is 4.90 Å². The minimum Gasteiger partial charge on any atom is -0.370 e. The number of hydrogen-bond acceptors (Lipinski definition) is 4. The van der Waals surface area contributed by atoms with Crippen molar-refractivity contribution in [2.75, 3.05) is 32.2 Å². The van der Waals surface area contributed by atoms with Gasteiger partial charge in [0.1, 0.15) is 6.07 Å². The molecule has 1 saturated heterocycles. The zero-order valence-electron chi connectivity index (χ0n) is 20.1. The molecule has 0 spiro atoms. The minimum atomic E-state index is -0.566. The molecule has 1 aliphatic carbocycles. The van der Waals surface area contributed by atoms with Crippen LogP contribution >= 0.6 is 0 Å². The number of aryl methyl sites for hydroxylation is 1. The van der Waals surface area contributed by atoms with Crippen molar-refractivity contribution >= 4 is 5.69 Å². The molecule has 0 atom stereocenters.